The van der Waals surface area contributed by atoms with E-state index in [1.165, 1.54) is 18.9 Å². The molecule has 0 saturated heterocycles. The molecule has 1 unspecified atom stereocenters. The number of hydrogen-bond donors (Lipinski definition) is 1. The van der Waals surface area contributed by atoms with Crippen LogP contribution >= 0.6 is 11.8 Å². The summed E-state index contributed by atoms with van der Waals surface area (Å²) in [6, 6.07) is 11.4. The lowest BCUT2D eigenvalue weighted by molar-refractivity contribution is -0.136. The standard InChI is InChI=1S/C24H24N4O3S/c1-15-4-6-18(7-5-15)22-21(23(30)31-3)16(2)27-24-28(22)19(14-32-24)12-20(29)26-13-17-8-10-25-11-9-17/h4-11,14,22H,12-13H2,1-3H3,(H,26,29). The molecule has 1 atom stereocenters. The highest BCUT2D eigenvalue weighted by Crippen LogP contribution is 2.44. The monoisotopic (exact) mass is 448 g/mol. The molecule has 164 valence electrons. The lowest BCUT2D eigenvalue weighted by Crippen LogP contribution is -2.37. The maximum absolute atomic E-state index is 12.7. The van der Waals surface area contributed by atoms with Crippen molar-refractivity contribution in [3.8, 4) is 0 Å². The van der Waals surface area contributed by atoms with Gasteiger partial charge in [-0.05, 0) is 42.5 Å². The van der Waals surface area contributed by atoms with Crippen molar-refractivity contribution in [2.45, 2.75) is 32.9 Å². The summed E-state index contributed by atoms with van der Waals surface area (Å²) in [5.41, 5.74) is 4.94. The maximum Gasteiger partial charge on any atom is 0.338 e. The third-order valence-corrected chi connectivity index (χ3v) is 6.27. The Morgan fingerprint density at radius 2 is 1.84 bits per heavy atom. The van der Waals surface area contributed by atoms with Crippen molar-refractivity contribution in [2.24, 2.45) is 4.99 Å². The minimum atomic E-state index is -0.422. The van der Waals surface area contributed by atoms with Crippen LogP contribution in [-0.4, -0.2) is 34.0 Å². The molecular formula is C24H24N4O3S. The van der Waals surface area contributed by atoms with Crippen LogP contribution in [0.15, 0.2) is 76.2 Å². The number of benzene rings is 1. The number of allylic oxidation sites excluding steroid dienone is 1. The number of aliphatic imine (C=N–C) groups is 1. The number of pyridine rings is 1. The zero-order valence-electron chi connectivity index (χ0n) is 18.2. The van der Waals surface area contributed by atoms with Gasteiger partial charge in [-0.1, -0.05) is 41.6 Å². The molecule has 1 aromatic heterocycles. The van der Waals surface area contributed by atoms with Gasteiger partial charge in [0, 0.05) is 24.6 Å². The van der Waals surface area contributed by atoms with Crippen LogP contribution in [0.1, 0.15) is 36.1 Å². The number of aryl methyl sites for hydroxylation is 1. The second kappa shape index (κ2) is 9.40. The van der Waals surface area contributed by atoms with Crippen LogP contribution in [0, 0.1) is 6.92 Å². The number of amidine groups is 1. The summed E-state index contributed by atoms with van der Waals surface area (Å²) in [7, 11) is 1.37. The minimum absolute atomic E-state index is 0.108. The first kappa shape index (κ1) is 21.8. The van der Waals surface area contributed by atoms with E-state index in [4.69, 9.17) is 4.74 Å². The molecule has 2 aliphatic heterocycles. The molecule has 3 heterocycles. The number of carbonyl (C=O) groups is 2. The van der Waals surface area contributed by atoms with E-state index in [9.17, 15) is 9.59 Å². The van der Waals surface area contributed by atoms with Gasteiger partial charge in [0.1, 0.15) is 0 Å². The summed E-state index contributed by atoms with van der Waals surface area (Å²) >= 11 is 1.46. The molecule has 1 aromatic carbocycles. The van der Waals surface area contributed by atoms with Crippen LogP contribution < -0.4 is 5.32 Å². The number of ether oxygens (including phenoxy) is 1. The van der Waals surface area contributed by atoms with Gasteiger partial charge in [0.15, 0.2) is 5.17 Å². The predicted molar refractivity (Wildman–Crippen MR) is 124 cm³/mol. The average Bonchev–Trinajstić information content (AvgIpc) is 3.19. The summed E-state index contributed by atoms with van der Waals surface area (Å²) in [4.78, 5) is 36.0. The van der Waals surface area contributed by atoms with Crippen LogP contribution in [-0.2, 0) is 20.9 Å². The Morgan fingerprint density at radius 1 is 1.12 bits per heavy atom. The fraction of sp³-hybridized carbons (Fsp3) is 0.250. The highest BCUT2D eigenvalue weighted by molar-refractivity contribution is 8.16. The minimum Gasteiger partial charge on any atom is -0.466 e. The van der Waals surface area contributed by atoms with Gasteiger partial charge in [0.05, 0.1) is 30.8 Å². The molecule has 0 saturated carbocycles. The van der Waals surface area contributed by atoms with Gasteiger partial charge in [-0.3, -0.25) is 9.78 Å². The van der Waals surface area contributed by atoms with E-state index in [0.29, 0.717) is 17.8 Å². The van der Waals surface area contributed by atoms with E-state index in [1.807, 2.05) is 60.6 Å². The van der Waals surface area contributed by atoms with Crippen molar-refractivity contribution in [1.29, 1.82) is 0 Å². The van der Waals surface area contributed by atoms with Crippen molar-refractivity contribution in [3.05, 3.63) is 87.9 Å². The van der Waals surface area contributed by atoms with E-state index in [0.717, 1.165) is 27.6 Å². The number of hydrogen-bond acceptors (Lipinski definition) is 7. The van der Waals surface area contributed by atoms with Crippen molar-refractivity contribution in [2.75, 3.05) is 7.11 Å². The first-order valence-electron chi connectivity index (χ1n) is 10.2. The molecule has 8 heteroatoms. The Hall–Kier alpha value is -3.39. The number of amides is 1. The molecule has 4 rings (SSSR count). The fourth-order valence-corrected chi connectivity index (χ4v) is 4.70. The van der Waals surface area contributed by atoms with Crippen LogP contribution in [0.5, 0.6) is 0 Å². The average molecular weight is 449 g/mol. The largest absolute Gasteiger partial charge is 0.466 e. The van der Waals surface area contributed by atoms with E-state index in [1.54, 1.807) is 12.4 Å². The van der Waals surface area contributed by atoms with Crippen molar-refractivity contribution < 1.29 is 14.3 Å². The molecular weight excluding hydrogens is 424 g/mol. The SMILES string of the molecule is COC(=O)C1=C(C)N=C2SC=C(CC(=O)NCc3ccncc3)N2C1c1ccc(C)cc1. The Balaban J connectivity index is 1.60. The fourth-order valence-electron chi connectivity index (χ4n) is 3.73. The Morgan fingerprint density at radius 3 is 2.53 bits per heavy atom. The van der Waals surface area contributed by atoms with E-state index < -0.39 is 12.0 Å². The molecule has 1 N–H and O–H groups in total. The number of methoxy groups -OCH3 is 1. The second-order valence-corrected chi connectivity index (χ2v) is 8.44. The first-order chi connectivity index (χ1) is 15.5. The van der Waals surface area contributed by atoms with Gasteiger partial charge in [-0.15, -0.1) is 0 Å². The zero-order valence-corrected chi connectivity index (χ0v) is 19.0. The zero-order chi connectivity index (χ0) is 22.7. The summed E-state index contributed by atoms with van der Waals surface area (Å²) in [6.45, 7) is 4.26. The molecule has 0 bridgehead atoms. The smallest absolute Gasteiger partial charge is 0.338 e. The third-order valence-electron chi connectivity index (χ3n) is 5.38. The predicted octanol–water partition coefficient (Wildman–Crippen LogP) is 3.84. The quantitative estimate of drug-likeness (QED) is 0.676. The van der Waals surface area contributed by atoms with E-state index >= 15 is 0 Å². The van der Waals surface area contributed by atoms with Gasteiger partial charge in [-0.2, -0.15) is 0 Å². The lowest BCUT2D eigenvalue weighted by Gasteiger charge is -2.36. The summed E-state index contributed by atoms with van der Waals surface area (Å²) in [6.07, 6.45) is 3.57. The van der Waals surface area contributed by atoms with Gasteiger partial charge in [-0.25, -0.2) is 9.79 Å². The van der Waals surface area contributed by atoms with Gasteiger partial charge in [0.25, 0.3) is 0 Å². The summed E-state index contributed by atoms with van der Waals surface area (Å²) < 4.78 is 5.08. The maximum atomic E-state index is 12.7. The van der Waals surface area contributed by atoms with Crippen LogP contribution in [0.2, 0.25) is 0 Å². The second-order valence-electron chi connectivity index (χ2n) is 7.60. The topological polar surface area (TPSA) is 83.9 Å². The number of carbonyl (C=O) groups excluding carboxylic acids is 2. The molecule has 0 fully saturated rings. The molecule has 2 aliphatic rings. The molecule has 2 aromatic rings. The van der Waals surface area contributed by atoms with Gasteiger partial charge >= 0.3 is 5.97 Å². The Bertz CT molecular complexity index is 1120. The molecule has 0 aliphatic carbocycles. The number of rotatable bonds is 6. The van der Waals surface area contributed by atoms with Crippen molar-refractivity contribution >= 4 is 28.8 Å². The number of nitrogens with zero attached hydrogens (tertiary/aromatic N) is 3. The summed E-state index contributed by atoms with van der Waals surface area (Å²) in [5, 5.41) is 5.63. The van der Waals surface area contributed by atoms with E-state index in [-0.39, 0.29) is 12.3 Å². The lowest BCUT2D eigenvalue weighted by atomic mass is 9.93. The highest BCUT2D eigenvalue weighted by Gasteiger charge is 2.40. The number of aromatic nitrogens is 1. The normalized spacial score (nSPS) is 17.5. The van der Waals surface area contributed by atoms with E-state index in [2.05, 4.69) is 15.3 Å². The molecule has 7 nitrogen and oxygen atoms in total. The highest BCUT2D eigenvalue weighted by atomic mass is 32.2. The van der Waals surface area contributed by atoms with Crippen molar-refractivity contribution in [3.63, 3.8) is 0 Å². The van der Waals surface area contributed by atoms with Gasteiger partial charge in [0.2, 0.25) is 5.91 Å². The Labute approximate surface area is 191 Å². The Kier molecular flexibility index (Phi) is 6.41. The first-order valence-corrected chi connectivity index (χ1v) is 11.1. The van der Waals surface area contributed by atoms with Crippen LogP contribution in [0.4, 0.5) is 0 Å². The number of fused-ring (bicyclic) bond motifs is 1. The van der Waals surface area contributed by atoms with Gasteiger partial charge < -0.3 is 15.0 Å². The van der Waals surface area contributed by atoms with Crippen LogP contribution in [0.25, 0.3) is 0 Å². The molecule has 0 radical (unpaired) electrons. The van der Waals surface area contributed by atoms with Crippen molar-refractivity contribution in [1.82, 2.24) is 15.2 Å². The van der Waals surface area contributed by atoms with Crippen LogP contribution in [0.3, 0.4) is 0 Å². The molecule has 0 spiro atoms. The number of thioether (sulfide) groups is 1. The third kappa shape index (κ3) is 4.45. The molecule has 32 heavy (non-hydrogen) atoms. The number of nitrogens with one attached hydrogen (secondary N) is 1. The summed E-state index contributed by atoms with van der Waals surface area (Å²) in [5.74, 6) is -0.530. The molecule has 1 amide bonds. The number of esters is 1.